The van der Waals surface area contributed by atoms with E-state index in [0.717, 1.165) is 69.5 Å². The third-order valence-corrected chi connectivity index (χ3v) is 35.9. The van der Waals surface area contributed by atoms with Gasteiger partial charge in [-0.3, -0.25) is 9.97 Å². The standard InChI is InChI=1S/C78H102N8S8Si/c1-11-21-27-29-35-85-57-39-53(37-49(17-7)31-23-13-3)87-73(57)75-59(85)41-61(89-75)55-45-79-69(71-67(55)81-93-83-71)63-43-65-77(91-63)78-66(95(65,47-51(19-9)33-25-15-5)48-52(20-10)34-26-16-6)44-64(92-78)70-72-68(82-94-84-72)56(46-80-70)62-42-60-76(90-62)74-58(86(60)36-30-28-22-12-2)40-54(88-74)38-50(18-8)32-24-14-4/h39-46,49-52H,11-38,47-48H2,1-10H3. The quantitative estimate of drug-likeness (QED) is 0.0283. The highest BCUT2D eigenvalue weighted by Gasteiger charge is 2.50. The molecule has 506 valence electrons. The van der Waals surface area contributed by atoms with Crippen LogP contribution in [0.3, 0.4) is 0 Å². The minimum atomic E-state index is -2.44. The van der Waals surface area contributed by atoms with Gasteiger partial charge in [0.15, 0.2) is 0 Å². The number of nitrogens with zero attached hydrogens (tertiary/aromatic N) is 8. The van der Waals surface area contributed by atoms with Crippen molar-refractivity contribution in [1.82, 2.24) is 36.6 Å². The first kappa shape index (κ1) is 69.4. The van der Waals surface area contributed by atoms with Crippen molar-refractivity contribution in [1.29, 1.82) is 0 Å². The molecule has 0 spiro atoms. The molecule has 12 aromatic rings. The first-order valence-corrected chi connectivity index (χ1v) is 46.0. The predicted octanol–water partition coefficient (Wildman–Crippen LogP) is 26.4. The average molecular weight is 1440 g/mol. The summed E-state index contributed by atoms with van der Waals surface area (Å²) < 4.78 is 31.9. The zero-order chi connectivity index (χ0) is 65.7. The zero-order valence-electron chi connectivity index (χ0n) is 58.5. The van der Waals surface area contributed by atoms with Crippen molar-refractivity contribution in [3.8, 4) is 51.8 Å². The Hall–Kier alpha value is -4.04. The van der Waals surface area contributed by atoms with Gasteiger partial charge in [-0.1, -0.05) is 210 Å². The second kappa shape index (κ2) is 31.7. The summed E-state index contributed by atoms with van der Waals surface area (Å²) >= 11 is 14.7. The van der Waals surface area contributed by atoms with Crippen molar-refractivity contribution in [2.75, 3.05) is 0 Å². The molecule has 0 saturated heterocycles. The smallest absolute Gasteiger partial charge is 0.132 e. The van der Waals surface area contributed by atoms with Gasteiger partial charge in [0.2, 0.25) is 0 Å². The Balaban J connectivity index is 0.896. The summed E-state index contributed by atoms with van der Waals surface area (Å²) in [5.41, 5.74) is 13.7. The van der Waals surface area contributed by atoms with E-state index in [0.29, 0.717) is 11.8 Å². The molecule has 13 heterocycles. The van der Waals surface area contributed by atoms with Gasteiger partial charge in [0.05, 0.1) is 74.1 Å². The molecule has 0 amide bonds. The van der Waals surface area contributed by atoms with Crippen LogP contribution >= 0.6 is 91.5 Å². The van der Waals surface area contributed by atoms with Crippen LogP contribution in [-0.2, 0) is 25.9 Å². The number of hydrogen-bond acceptors (Lipinski definition) is 14. The van der Waals surface area contributed by atoms with Crippen LogP contribution in [-0.4, -0.2) is 44.7 Å². The summed E-state index contributed by atoms with van der Waals surface area (Å²) in [4.78, 5) is 22.1. The summed E-state index contributed by atoms with van der Waals surface area (Å²) in [6, 6.07) is 17.9. The summed E-state index contributed by atoms with van der Waals surface area (Å²) in [6.07, 6.45) is 37.1. The molecule has 0 bridgehead atoms. The van der Waals surface area contributed by atoms with Crippen LogP contribution < -0.4 is 10.4 Å². The van der Waals surface area contributed by atoms with Crippen molar-refractivity contribution >= 4 is 173 Å². The van der Waals surface area contributed by atoms with E-state index in [1.165, 1.54) is 273 Å². The highest BCUT2D eigenvalue weighted by Crippen LogP contribution is 2.52. The molecule has 12 aromatic heterocycles. The summed E-state index contributed by atoms with van der Waals surface area (Å²) in [6.45, 7) is 25.9. The van der Waals surface area contributed by atoms with Crippen molar-refractivity contribution in [2.24, 2.45) is 23.7 Å². The first-order chi connectivity index (χ1) is 46.6. The van der Waals surface area contributed by atoms with Crippen LogP contribution in [0.2, 0.25) is 12.1 Å². The van der Waals surface area contributed by atoms with Gasteiger partial charge in [-0.15, -0.1) is 68.0 Å². The Kier molecular flexibility index (Phi) is 23.1. The average Bonchev–Trinajstić information content (AvgIpc) is 1.55. The van der Waals surface area contributed by atoms with Gasteiger partial charge in [-0.25, -0.2) is 0 Å². The Labute approximate surface area is 599 Å². The van der Waals surface area contributed by atoms with Gasteiger partial charge in [0, 0.05) is 65.9 Å². The van der Waals surface area contributed by atoms with E-state index in [1.807, 2.05) is 45.3 Å². The number of rotatable bonds is 38. The predicted molar refractivity (Wildman–Crippen MR) is 428 cm³/mol. The monoisotopic (exact) mass is 1430 g/mol. The molecule has 1 aliphatic rings. The Morgan fingerprint density at radius 2 is 0.737 bits per heavy atom. The normalized spacial score (nSPS) is 15.6. The molecule has 0 radical (unpaired) electrons. The fraction of sp³-hybridized carbons (Fsp3) is 0.564. The topological polar surface area (TPSA) is 87.2 Å². The molecular weight excluding hydrogens is 1330 g/mol. The second-order valence-electron chi connectivity index (χ2n) is 28.2. The van der Waals surface area contributed by atoms with Gasteiger partial charge in [0.1, 0.15) is 41.5 Å². The van der Waals surface area contributed by atoms with Crippen molar-refractivity contribution in [3.05, 3.63) is 58.5 Å². The molecule has 0 saturated carbocycles. The van der Waals surface area contributed by atoms with E-state index in [1.54, 1.807) is 20.1 Å². The largest absolute Gasteiger partial charge is 0.339 e. The van der Waals surface area contributed by atoms with Gasteiger partial charge in [-0.2, -0.15) is 17.5 Å². The molecule has 13 rings (SSSR count). The minimum Gasteiger partial charge on any atom is -0.339 e. The van der Waals surface area contributed by atoms with Crippen LogP contribution in [0.1, 0.15) is 233 Å². The zero-order valence-corrected chi connectivity index (χ0v) is 66.0. The van der Waals surface area contributed by atoms with E-state index < -0.39 is 8.07 Å². The Bertz CT molecular complexity index is 4230. The van der Waals surface area contributed by atoms with E-state index in [9.17, 15) is 0 Å². The van der Waals surface area contributed by atoms with E-state index in [4.69, 9.17) is 27.5 Å². The van der Waals surface area contributed by atoms with Crippen molar-refractivity contribution in [3.63, 3.8) is 0 Å². The lowest BCUT2D eigenvalue weighted by molar-refractivity contribution is 0.452. The lowest BCUT2D eigenvalue weighted by Crippen LogP contribution is -2.56. The third kappa shape index (κ3) is 13.9. The molecule has 8 nitrogen and oxygen atoms in total. The number of aryl methyl sites for hydroxylation is 2. The maximum Gasteiger partial charge on any atom is 0.132 e. The summed E-state index contributed by atoms with van der Waals surface area (Å²) in [5.74, 6) is 2.83. The molecule has 0 aliphatic carbocycles. The molecule has 4 unspecified atom stereocenters. The number of unbranched alkanes of at least 4 members (excludes halogenated alkanes) is 10. The highest BCUT2D eigenvalue weighted by atomic mass is 32.1. The van der Waals surface area contributed by atoms with Crippen LogP contribution in [0.4, 0.5) is 0 Å². The molecule has 17 heteroatoms. The third-order valence-electron chi connectivity index (χ3n) is 21.7. The number of pyridine rings is 2. The first-order valence-electron chi connectivity index (χ1n) is 37.2. The molecule has 0 N–H and O–H groups in total. The lowest BCUT2D eigenvalue weighted by Gasteiger charge is -2.35. The summed E-state index contributed by atoms with van der Waals surface area (Å²) in [5, 5.41) is 3.31. The molecule has 4 atom stereocenters. The minimum absolute atomic E-state index is 0.667. The van der Waals surface area contributed by atoms with Crippen LogP contribution in [0.5, 0.6) is 0 Å². The van der Waals surface area contributed by atoms with E-state index >= 15 is 0 Å². The molecule has 0 aromatic carbocycles. The van der Waals surface area contributed by atoms with Gasteiger partial charge < -0.3 is 9.13 Å². The number of fused-ring (bicyclic) bond motifs is 11. The maximum absolute atomic E-state index is 5.56. The lowest BCUT2D eigenvalue weighted by atomic mass is 9.95. The fourth-order valence-electron chi connectivity index (χ4n) is 16.0. The number of aromatic nitrogens is 8. The van der Waals surface area contributed by atoms with Gasteiger partial charge in [0.25, 0.3) is 0 Å². The molecule has 1 aliphatic heterocycles. The number of hydrogen-bond donors (Lipinski definition) is 0. The van der Waals surface area contributed by atoms with Gasteiger partial charge in [-0.05, 0) is 108 Å². The Morgan fingerprint density at radius 1 is 0.368 bits per heavy atom. The van der Waals surface area contributed by atoms with Gasteiger partial charge >= 0.3 is 0 Å². The molecule has 0 fully saturated rings. The van der Waals surface area contributed by atoms with Crippen molar-refractivity contribution < 1.29 is 0 Å². The van der Waals surface area contributed by atoms with E-state index in [-0.39, 0.29) is 0 Å². The van der Waals surface area contributed by atoms with Crippen LogP contribution in [0.15, 0.2) is 48.8 Å². The molecular formula is C78H102N8S8Si. The fourth-order valence-corrected chi connectivity index (χ4v) is 32.7. The second-order valence-corrected chi connectivity index (χ2v) is 39.8. The highest BCUT2D eigenvalue weighted by molar-refractivity contribution is 7.32. The Morgan fingerprint density at radius 3 is 1.13 bits per heavy atom. The summed E-state index contributed by atoms with van der Waals surface area (Å²) in [7, 11) is -2.44. The molecule has 95 heavy (non-hydrogen) atoms. The van der Waals surface area contributed by atoms with E-state index in [2.05, 4.69) is 150 Å². The van der Waals surface area contributed by atoms with Crippen LogP contribution in [0.25, 0.3) is 115 Å². The number of thiophene rings is 6. The van der Waals surface area contributed by atoms with Crippen molar-refractivity contribution in [2.45, 2.75) is 261 Å². The maximum atomic E-state index is 5.56. The SMILES string of the molecule is CCCCCCn1c2cc(CC(CC)CCCC)sc2c2sc(-c3cnc(-c4cc5c(s4)-c4sc(-c6ncc(-c7cc8c(s7)c7sc(CC(CC)CCCC)cc7n8CCCCCC)c7nsnc67)cc4[Si]5(CC(CC)CCCC)CC(CC)CCCC)c4nsnc34)cc21. The van der Waals surface area contributed by atoms with Crippen LogP contribution in [0, 0.1) is 23.7 Å².